The second-order valence-corrected chi connectivity index (χ2v) is 7.27. The van der Waals surface area contributed by atoms with Crippen molar-refractivity contribution in [2.24, 2.45) is 5.73 Å². The quantitative estimate of drug-likeness (QED) is 0.506. The Balaban J connectivity index is 2.28. The Labute approximate surface area is 163 Å². The van der Waals surface area contributed by atoms with E-state index in [1.165, 1.54) is 0 Å². The predicted molar refractivity (Wildman–Crippen MR) is 108 cm³/mol. The van der Waals surface area contributed by atoms with Crippen molar-refractivity contribution in [1.29, 1.82) is 0 Å². The molecule has 0 radical (unpaired) electrons. The molecule has 0 atom stereocenters. The first kappa shape index (κ1) is 18.3. The molecule has 4 heteroatoms. The summed E-state index contributed by atoms with van der Waals surface area (Å²) in [6, 6.07) is 23.8. The molecule has 0 aliphatic rings. The number of nitrogens with two attached hydrogens (primary N) is 1. The third kappa shape index (κ3) is 3.70. The molecule has 0 saturated carbocycles. The van der Waals surface area contributed by atoms with E-state index in [-0.39, 0.29) is 0 Å². The molecule has 1 nitrogen and oxygen atoms in total. The summed E-state index contributed by atoms with van der Waals surface area (Å²) in [5.41, 5.74) is 9.04. The van der Waals surface area contributed by atoms with Crippen LogP contribution in [0.1, 0.15) is 23.1 Å². The fourth-order valence-corrected chi connectivity index (χ4v) is 3.73. The molecule has 0 aliphatic heterocycles. The molecule has 0 heterocycles. The highest BCUT2D eigenvalue weighted by molar-refractivity contribution is 6.31. The standard InChI is InChI=1S/C21H18Cl3N/c22-18-7-1-15(2-8-18)21(13-14-25,16-3-9-19(23)10-4-16)17-5-11-20(24)12-6-17/h1-12H,13-14,25H2. The highest BCUT2D eigenvalue weighted by Gasteiger charge is 2.35. The fraction of sp³-hybridized carbons (Fsp3) is 0.143. The first-order chi connectivity index (χ1) is 12.1. The van der Waals surface area contributed by atoms with E-state index in [2.05, 4.69) is 36.4 Å². The molecular formula is C21H18Cl3N. The number of hydrogen-bond donors (Lipinski definition) is 1. The van der Waals surface area contributed by atoms with Crippen molar-refractivity contribution < 1.29 is 0 Å². The largest absolute Gasteiger partial charge is 0.330 e. The smallest absolute Gasteiger partial charge is 0.0463 e. The second-order valence-electron chi connectivity index (χ2n) is 5.96. The van der Waals surface area contributed by atoms with E-state index < -0.39 is 5.41 Å². The Hall–Kier alpha value is -1.51. The molecule has 0 amide bonds. The molecule has 128 valence electrons. The zero-order valence-electron chi connectivity index (χ0n) is 13.6. The summed E-state index contributed by atoms with van der Waals surface area (Å²) in [6.07, 6.45) is 0.748. The molecule has 0 aromatic heterocycles. The van der Waals surface area contributed by atoms with Gasteiger partial charge in [0.25, 0.3) is 0 Å². The molecular weight excluding hydrogens is 373 g/mol. The molecule has 25 heavy (non-hydrogen) atoms. The summed E-state index contributed by atoms with van der Waals surface area (Å²) in [5, 5.41) is 2.12. The second kappa shape index (κ2) is 7.80. The van der Waals surface area contributed by atoms with Crippen molar-refractivity contribution in [1.82, 2.24) is 0 Å². The van der Waals surface area contributed by atoms with Gasteiger partial charge in [-0.05, 0) is 66.1 Å². The molecule has 3 aromatic rings. The van der Waals surface area contributed by atoms with Gasteiger partial charge in [-0.25, -0.2) is 0 Å². The number of halogens is 3. The zero-order valence-corrected chi connectivity index (χ0v) is 15.8. The number of hydrogen-bond acceptors (Lipinski definition) is 1. The van der Waals surface area contributed by atoms with Crippen LogP contribution in [0.3, 0.4) is 0 Å². The maximum absolute atomic E-state index is 6.11. The minimum atomic E-state index is -0.394. The Morgan fingerprint density at radius 1 is 0.560 bits per heavy atom. The van der Waals surface area contributed by atoms with E-state index in [0.717, 1.165) is 23.1 Å². The average Bonchev–Trinajstić information content (AvgIpc) is 2.62. The topological polar surface area (TPSA) is 26.0 Å². The van der Waals surface area contributed by atoms with E-state index in [9.17, 15) is 0 Å². The van der Waals surface area contributed by atoms with Crippen LogP contribution in [0.15, 0.2) is 72.8 Å². The van der Waals surface area contributed by atoms with Crippen molar-refractivity contribution in [3.63, 3.8) is 0 Å². The minimum Gasteiger partial charge on any atom is -0.330 e. The molecule has 3 rings (SSSR count). The lowest BCUT2D eigenvalue weighted by atomic mass is 9.67. The Bertz CT molecular complexity index is 714. The third-order valence-electron chi connectivity index (χ3n) is 4.53. The third-order valence-corrected chi connectivity index (χ3v) is 5.29. The van der Waals surface area contributed by atoms with Gasteiger partial charge < -0.3 is 5.73 Å². The van der Waals surface area contributed by atoms with Crippen LogP contribution in [0.2, 0.25) is 15.1 Å². The highest BCUT2D eigenvalue weighted by atomic mass is 35.5. The van der Waals surface area contributed by atoms with E-state index in [0.29, 0.717) is 21.6 Å². The minimum absolute atomic E-state index is 0.394. The van der Waals surface area contributed by atoms with Crippen LogP contribution < -0.4 is 5.73 Å². The maximum atomic E-state index is 6.11. The summed E-state index contributed by atoms with van der Waals surface area (Å²) in [4.78, 5) is 0. The number of benzene rings is 3. The van der Waals surface area contributed by atoms with Crippen molar-refractivity contribution in [2.45, 2.75) is 11.8 Å². The van der Waals surface area contributed by atoms with E-state index >= 15 is 0 Å². The SMILES string of the molecule is NCCC(c1ccc(Cl)cc1)(c1ccc(Cl)cc1)c1ccc(Cl)cc1. The van der Waals surface area contributed by atoms with E-state index in [1.54, 1.807) is 0 Å². The lowest BCUT2D eigenvalue weighted by molar-refractivity contribution is 0.568. The lowest BCUT2D eigenvalue weighted by Gasteiger charge is -2.36. The predicted octanol–water partition coefficient (Wildman–Crippen LogP) is 6.33. The van der Waals surface area contributed by atoms with Gasteiger partial charge in [-0.3, -0.25) is 0 Å². The van der Waals surface area contributed by atoms with Gasteiger partial charge in [0.05, 0.1) is 0 Å². The Morgan fingerprint density at radius 2 is 0.840 bits per heavy atom. The van der Waals surface area contributed by atoms with Crippen molar-refractivity contribution >= 4 is 34.8 Å². The monoisotopic (exact) mass is 389 g/mol. The molecule has 0 saturated heterocycles. The summed E-state index contributed by atoms with van der Waals surface area (Å²) in [7, 11) is 0. The van der Waals surface area contributed by atoms with Crippen LogP contribution in [-0.4, -0.2) is 6.54 Å². The van der Waals surface area contributed by atoms with Crippen molar-refractivity contribution in [3.05, 3.63) is 105 Å². The molecule has 0 unspecified atom stereocenters. The van der Waals surface area contributed by atoms with Crippen molar-refractivity contribution in [2.75, 3.05) is 6.54 Å². The van der Waals surface area contributed by atoms with Gasteiger partial charge in [0.1, 0.15) is 0 Å². The van der Waals surface area contributed by atoms with Crippen LogP contribution >= 0.6 is 34.8 Å². The summed E-state index contributed by atoms with van der Waals surface area (Å²) in [5.74, 6) is 0. The van der Waals surface area contributed by atoms with Crippen LogP contribution in [-0.2, 0) is 5.41 Å². The molecule has 0 spiro atoms. The molecule has 3 aromatic carbocycles. The fourth-order valence-electron chi connectivity index (χ4n) is 3.35. The van der Waals surface area contributed by atoms with E-state index in [1.807, 2.05) is 36.4 Å². The van der Waals surface area contributed by atoms with Gasteiger partial charge in [0.2, 0.25) is 0 Å². The first-order valence-electron chi connectivity index (χ1n) is 8.04. The summed E-state index contributed by atoms with van der Waals surface area (Å²) >= 11 is 18.3. The van der Waals surface area contributed by atoms with Crippen LogP contribution in [0.4, 0.5) is 0 Å². The van der Waals surface area contributed by atoms with Crippen molar-refractivity contribution in [3.8, 4) is 0 Å². The molecule has 2 N–H and O–H groups in total. The maximum Gasteiger partial charge on any atom is 0.0463 e. The first-order valence-corrected chi connectivity index (χ1v) is 9.18. The number of rotatable bonds is 5. The van der Waals surface area contributed by atoms with Gasteiger partial charge in [-0.15, -0.1) is 0 Å². The average molecular weight is 391 g/mol. The summed E-state index contributed by atoms with van der Waals surface area (Å²) < 4.78 is 0. The van der Waals surface area contributed by atoms with Gasteiger partial charge >= 0.3 is 0 Å². The lowest BCUT2D eigenvalue weighted by Crippen LogP contribution is -2.32. The Kier molecular flexibility index (Phi) is 5.71. The molecule has 0 aliphatic carbocycles. The summed E-state index contributed by atoms with van der Waals surface area (Å²) in [6.45, 7) is 0.536. The molecule has 0 fully saturated rings. The van der Waals surface area contributed by atoms with Crippen LogP contribution in [0, 0.1) is 0 Å². The van der Waals surface area contributed by atoms with Crippen LogP contribution in [0.5, 0.6) is 0 Å². The normalized spacial score (nSPS) is 11.5. The van der Waals surface area contributed by atoms with Gasteiger partial charge in [0, 0.05) is 20.5 Å². The highest BCUT2D eigenvalue weighted by Crippen LogP contribution is 2.42. The van der Waals surface area contributed by atoms with Crippen LogP contribution in [0.25, 0.3) is 0 Å². The van der Waals surface area contributed by atoms with Gasteiger partial charge in [-0.2, -0.15) is 0 Å². The van der Waals surface area contributed by atoms with Gasteiger partial charge in [0.15, 0.2) is 0 Å². The Morgan fingerprint density at radius 3 is 1.08 bits per heavy atom. The molecule has 0 bridgehead atoms. The van der Waals surface area contributed by atoms with E-state index in [4.69, 9.17) is 40.5 Å². The zero-order chi connectivity index (χ0) is 17.9. The van der Waals surface area contributed by atoms with Gasteiger partial charge in [-0.1, -0.05) is 71.2 Å².